The van der Waals surface area contributed by atoms with Crippen molar-refractivity contribution in [3.05, 3.63) is 35.1 Å². The number of hydrogen-bond donors (Lipinski definition) is 2. The summed E-state index contributed by atoms with van der Waals surface area (Å²) in [6.45, 7) is 14.3. The first-order valence-corrected chi connectivity index (χ1v) is 14.8. The number of ether oxygens (including phenoxy) is 1. The van der Waals surface area contributed by atoms with Gasteiger partial charge in [-0.1, -0.05) is 33.8 Å². The number of benzene rings is 1. The molecule has 2 N–H and O–H groups in total. The Hall–Kier alpha value is -0.793. The van der Waals surface area contributed by atoms with E-state index in [9.17, 15) is 14.6 Å². The molecule has 1 aromatic carbocycles. The van der Waals surface area contributed by atoms with Crippen molar-refractivity contribution in [3.8, 4) is 0 Å². The standard InChI is InChI=1S/C25H41FO4Si/c1-16(2)25(3,4)31(5,6)29-13-7-8-17-9-10-18(26)14-19(17)24(28)23-20(15-27)21-11-12-22(23)30-21/h9-10,14,16,20-24,27-28H,7-8,11-13,15H2,1-6H3/t20-,21-,22-,23-,24?/m1/s1. The number of hydrogen-bond acceptors (Lipinski definition) is 4. The van der Waals surface area contributed by atoms with Crippen LogP contribution in [0.1, 0.15) is 64.2 Å². The Morgan fingerprint density at radius 2 is 1.90 bits per heavy atom. The van der Waals surface area contributed by atoms with E-state index in [4.69, 9.17) is 9.16 Å². The molecule has 1 unspecified atom stereocenters. The van der Waals surface area contributed by atoms with Gasteiger partial charge in [0, 0.05) is 25.0 Å². The molecule has 1 aromatic rings. The summed E-state index contributed by atoms with van der Waals surface area (Å²) in [5.74, 6) is -0.0562. The zero-order valence-electron chi connectivity index (χ0n) is 20.0. The van der Waals surface area contributed by atoms with Gasteiger partial charge in [-0.15, -0.1) is 0 Å². The van der Waals surface area contributed by atoms with Crippen molar-refractivity contribution in [1.29, 1.82) is 0 Å². The first kappa shape index (κ1) is 24.8. The number of fused-ring (bicyclic) bond motifs is 2. The van der Waals surface area contributed by atoms with Crippen molar-refractivity contribution >= 4 is 8.32 Å². The molecule has 3 rings (SSSR count). The van der Waals surface area contributed by atoms with Gasteiger partial charge < -0.3 is 19.4 Å². The van der Waals surface area contributed by atoms with Gasteiger partial charge >= 0.3 is 0 Å². The van der Waals surface area contributed by atoms with E-state index in [1.54, 1.807) is 6.07 Å². The Morgan fingerprint density at radius 1 is 1.23 bits per heavy atom. The maximum Gasteiger partial charge on any atom is 0.192 e. The van der Waals surface area contributed by atoms with Gasteiger partial charge in [0.05, 0.1) is 18.3 Å². The minimum atomic E-state index is -1.87. The topological polar surface area (TPSA) is 58.9 Å². The smallest absolute Gasteiger partial charge is 0.192 e. The third-order valence-electron chi connectivity index (χ3n) is 8.54. The largest absolute Gasteiger partial charge is 0.417 e. The van der Waals surface area contributed by atoms with Crippen molar-refractivity contribution in [2.45, 2.75) is 89.8 Å². The van der Waals surface area contributed by atoms with Gasteiger partial charge in [-0.3, -0.25) is 0 Å². The fraction of sp³-hybridized carbons (Fsp3) is 0.760. The molecule has 2 bridgehead atoms. The fourth-order valence-corrected chi connectivity index (χ4v) is 7.65. The van der Waals surface area contributed by atoms with E-state index in [2.05, 4.69) is 40.8 Å². The van der Waals surface area contributed by atoms with Crippen LogP contribution in [0, 0.1) is 23.6 Å². The molecule has 0 amide bonds. The van der Waals surface area contributed by atoms with Gasteiger partial charge in [-0.2, -0.15) is 0 Å². The summed E-state index contributed by atoms with van der Waals surface area (Å²) in [7, 11) is -1.87. The Kier molecular flexibility index (Phi) is 7.69. The third kappa shape index (κ3) is 4.93. The maximum absolute atomic E-state index is 14.1. The van der Waals surface area contributed by atoms with E-state index in [1.165, 1.54) is 12.1 Å². The second-order valence-electron chi connectivity index (χ2n) is 10.8. The second-order valence-corrected chi connectivity index (χ2v) is 15.4. The molecule has 5 atom stereocenters. The highest BCUT2D eigenvalue weighted by Crippen LogP contribution is 2.49. The van der Waals surface area contributed by atoms with E-state index < -0.39 is 14.4 Å². The Morgan fingerprint density at radius 3 is 2.55 bits per heavy atom. The lowest BCUT2D eigenvalue weighted by molar-refractivity contribution is 0.0297. The van der Waals surface area contributed by atoms with Crippen LogP contribution < -0.4 is 0 Å². The van der Waals surface area contributed by atoms with Crippen LogP contribution in [0.25, 0.3) is 0 Å². The normalized spacial score (nSPS) is 27.3. The number of aryl methyl sites for hydroxylation is 1. The molecule has 2 heterocycles. The molecule has 31 heavy (non-hydrogen) atoms. The quantitative estimate of drug-likeness (QED) is 0.377. The molecule has 0 spiro atoms. The summed E-state index contributed by atoms with van der Waals surface area (Å²) in [6, 6.07) is 4.71. The average molecular weight is 453 g/mol. The van der Waals surface area contributed by atoms with Crippen LogP contribution >= 0.6 is 0 Å². The molecular formula is C25H41FO4Si. The third-order valence-corrected chi connectivity index (χ3v) is 13.1. The minimum absolute atomic E-state index is 0.00721. The second kappa shape index (κ2) is 9.60. The minimum Gasteiger partial charge on any atom is -0.417 e. The summed E-state index contributed by atoms with van der Waals surface area (Å²) >= 11 is 0. The Labute approximate surface area is 188 Å². The van der Waals surface area contributed by atoms with Gasteiger partial charge in [0.2, 0.25) is 0 Å². The number of halogens is 1. The molecule has 0 radical (unpaired) electrons. The van der Waals surface area contributed by atoms with Gasteiger partial charge in [-0.25, -0.2) is 4.39 Å². The molecule has 2 aliphatic rings. The highest BCUT2D eigenvalue weighted by atomic mass is 28.4. The lowest BCUT2D eigenvalue weighted by Gasteiger charge is -2.42. The predicted molar refractivity (Wildman–Crippen MR) is 124 cm³/mol. The van der Waals surface area contributed by atoms with E-state index >= 15 is 0 Å². The van der Waals surface area contributed by atoms with Crippen molar-refractivity contribution in [2.24, 2.45) is 17.8 Å². The number of rotatable bonds is 10. The Balaban J connectivity index is 1.67. The Bertz CT molecular complexity index is 751. The van der Waals surface area contributed by atoms with E-state index in [-0.39, 0.29) is 41.5 Å². The first-order chi connectivity index (χ1) is 14.5. The molecule has 4 nitrogen and oxygen atoms in total. The summed E-state index contributed by atoms with van der Waals surface area (Å²) in [5.41, 5.74) is 1.60. The fourth-order valence-electron chi connectivity index (χ4n) is 5.23. The SMILES string of the molecule is CC(C)C(C)(C)[Si](C)(C)OCCCc1ccc(F)cc1C(O)[C@@H]1[C@H](CO)[C@H]2CC[C@H]1O2. The molecule has 0 aromatic heterocycles. The van der Waals surface area contributed by atoms with Gasteiger partial charge in [-0.05, 0) is 73.0 Å². The molecule has 2 fully saturated rings. The molecule has 2 aliphatic heterocycles. The van der Waals surface area contributed by atoms with Crippen molar-refractivity contribution in [1.82, 2.24) is 0 Å². The van der Waals surface area contributed by atoms with Crippen molar-refractivity contribution < 1.29 is 23.8 Å². The van der Waals surface area contributed by atoms with E-state index in [0.29, 0.717) is 18.1 Å². The van der Waals surface area contributed by atoms with Crippen LogP contribution in [0.2, 0.25) is 18.1 Å². The van der Waals surface area contributed by atoms with Crippen LogP contribution in [-0.4, -0.2) is 44.0 Å². The molecule has 0 aliphatic carbocycles. The van der Waals surface area contributed by atoms with Crippen LogP contribution in [0.4, 0.5) is 4.39 Å². The van der Waals surface area contributed by atoms with Crippen LogP contribution in [-0.2, 0) is 15.6 Å². The maximum atomic E-state index is 14.1. The molecule has 2 saturated heterocycles. The zero-order valence-corrected chi connectivity index (χ0v) is 21.0. The molecular weight excluding hydrogens is 411 g/mol. The molecule has 0 saturated carbocycles. The summed E-state index contributed by atoms with van der Waals surface area (Å²) in [6.07, 6.45) is 2.51. The van der Waals surface area contributed by atoms with Crippen LogP contribution in [0.5, 0.6) is 0 Å². The van der Waals surface area contributed by atoms with Crippen LogP contribution in [0.3, 0.4) is 0 Å². The summed E-state index contributed by atoms with van der Waals surface area (Å²) < 4.78 is 26.5. The van der Waals surface area contributed by atoms with Crippen molar-refractivity contribution in [3.63, 3.8) is 0 Å². The average Bonchev–Trinajstić information content (AvgIpc) is 3.32. The van der Waals surface area contributed by atoms with Gasteiger partial charge in [0.25, 0.3) is 0 Å². The summed E-state index contributed by atoms with van der Waals surface area (Å²) in [5, 5.41) is 21.2. The van der Waals surface area contributed by atoms with Crippen LogP contribution in [0.15, 0.2) is 18.2 Å². The van der Waals surface area contributed by atoms with Gasteiger partial charge in [0.15, 0.2) is 8.32 Å². The lowest BCUT2D eigenvalue weighted by Crippen LogP contribution is -2.45. The number of aliphatic hydroxyl groups excluding tert-OH is 2. The lowest BCUT2D eigenvalue weighted by atomic mass is 9.74. The number of aliphatic hydroxyl groups is 2. The predicted octanol–water partition coefficient (Wildman–Crippen LogP) is 5.24. The van der Waals surface area contributed by atoms with Crippen molar-refractivity contribution in [2.75, 3.05) is 13.2 Å². The zero-order chi connectivity index (χ0) is 23.0. The molecule has 6 heteroatoms. The molecule has 176 valence electrons. The summed E-state index contributed by atoms with van der Waals surface area (Å²) in [4.78, 5) is 0. The highest BCUT2D eigenvalue weighted by molar-refractivity contribution is 6.74. The van der Waals surface area contributed by atoms with E-state index in [1.807, 2.05) is 0 Å². The monoisotopic (exact) mass is 452 g/mol. The highest BCUT2D eigenvalue weighted by Gasteiger charge is 2.51. The van der Waals surface area contributed by atoms with E-state index in [0.717, 1.165) is 31.2 Å². The first-order valence-electron chi connectivity index (χ1n) is 11.9. The van der Waals surface area contributed by atoms with Gasteiger partial charge in [0.1, 0.15) is 5.82 Å².